The van der Waals surface area contributed by atoms with Gasteiger partial charge in [0, 0.05) is 6.04 Å². The lowest BCUT2D eigenvalue weighted by molar-refractivity contribution is 0.630. The monoisotopic (exact) mass is 312 g/mol. The second-order valence-electron chi connectivity index (χ2n) is 4.59. The summed E-state index contributed by atoms with van der Waals surface area (Å²) in [6.07, 6.45) is 2.95. The standard InChI is InChI=1S/C12H10Cl2N4S/c13-7-4-8(14)11-12(18-19-17-11)10(7)16-9-3-1-2-6(9)5-15/h4,6,9,16H,1-3H2. The molecule has 98 valence electrons. The van der Waals surface area contributed by atoms with Gasteiger partial charge in [0.15, 0.2) is 0 Å². The predicted molar refractivity (Wildman–Crippen MR) is 77.8 cm³/mol. The summed E-state index contributed by atoms with van der Waals surface area (Å²) in [5.41, 5.74) is 2.08. The second kappa shape index (κ2) is 5.12. The number of nitrogens with one attached hydrogen (secondary N) is 1. The maximum atomic E-state index is 9.13. The molecule has 1 fully saturated rings. The maximum Gasteiger partial charge on any atom is 0.130 e. The normalized spacial score (nSPS) is 22.6. The van der Waals surface area contributed by atoms with E-state index in [4.69, 9.17) is 28.5 Å². The molecular weight excluding hydrogens is 303 g/mol. The van der Waals surface area contributed by atoms with Crippen LogP contribution >= 0.6 is 34.9 Å². The van der Waals surface area contributed by atoms with Crippen LogP contribution in [-0.2, 0) is 0 Å². The summed E-state index contributed by atoms with van der Waals surface area (Å²) >= 11 is 13.4. The van der Waals surface area contributed by atoms with E-state index in [1.807, 2.05) is 0 Å². The van der Waals surface area contributed by atoms with Crippen LogP contribution in [0.25, 0.3) is 11.0 Å². The van der Waals surface area contributed by atoms with Crippen molar-refractivity contribution in [2.45, 2.75) is 25.3 Å². The summed E-state index contributed by atoms with van der Waals surface area (Å²) in [6, 6.07) is 4.13. The molecular formula is C12H10Cl2N4S. The first-order valence-corrected chi connectivity index (χ1v) is 7.45. The number of hydrogen-bond acceptors (Lipinski definition) is 5. The molecule has 2 unspecified atom stereocenters. The molecule has 2 aromatic rings. The molecule has 0 aliphatic heterocycles. The number of benzene rings is 1. The van der Waals surface area contributed by atoms with E-state index in [1.54, 1.807) is 6.07 Å². The van der Waals surface area contributed by atoms with Crippen LogP contribution in [-0.4, -0.2) is 14.8 Å². The molecule has 0 radical (unpaired) electrons. The van der Waals surface area contributed by atoms with Crippen molar-refractivity contribution in [1.29, 1.82) is 5.26 Å². The molecule has 0 bridgehead atoms. The van der Waals surface area contributed by atoms with E-state index in [9.17, 15) is 0 Å². The number of hydrogen-bond donors (Lipinski definition) is 1. The van der Waals surface area contributed by atoms with Crippen molar-refractivity contribution in [2.75, 3.05) is 5.32 Å². The minimum atomic E-state index is 0.0217. The maximum absolute atomic E-state index is 9.13. The predicted octanol–water partition coefficient (Wildman–Crippen LogP) is 4.10. The van der Waals surface area contributed by atoms with Crippen LogP contribution in [0.5, 0.6) is 0 Å². The number of halogens is 2. The van der Waals surface area contributed by atoms with Crippen molar-refractivity contribution in [3.63, 3.8) is 0 Å². The van der Waals surface area contributed by atoms with Crippen molar-refractivity contribution in [3.05, 3.63) is 16.1 Å². The first-order chi connectivity index (χ1) is 9.20. The van der Waals surface area contributed by atoms with Crippen molar-refractivity contribution in [2.24, 2.45) is 5.92 Å². The Labute approximate surface area is 124 Å². The Hall–Kier alpha value is -1.09. The fraction of sp³-hybridized carbons (Fsp3) is 0.417. The Balaban J connectivity index is 2.01. The zero-order chi connectivity index (χ0) is 13.4. The van der Waals surface area contributed by atoms with Gasteiger partial charge in [-0.2, -0.15) is 14.0 Å². The molecule has 0 spiro atoms. The Kier molecular flexibility index (Phi) is 3.48. The molecule has 0 saturated heterocycles. The molecule has 1 aliphatic rings. The molecule has 1 aromatic carbocycles. The highest BCUT2D eigenvalue weighted by atomic mass is 35.5. The molecule has 0 amide bonds. The van der Waals surface area contributed by atoms with E-state index in [-0.39, 0.29) is 12.0 Å². The third-order valence-electron chi connectivity index (χ3n) is 3.46. The summed E-state index contributed by atoms with van der Waals surface area (Å²) < 4.78 is 8.42. The third kappa shape index (κ3) is 2.25. The van der Waals surface area contributed by atoms with Crippen molar-refractivity contribution in [3.8, 4) is 6.07 Å². The molecule has 2 atom stereocenters. The first kappa shape index (κ1) is 12.9. The summed E-state index contributed by atoms with van der Waals surface area (Å²) in [5, 5.41) is 13.5. The lowest BCUT2D eigenvalue weighted by Crippen LogP contribution is -2.23. The molecule has 1 saturated carbocycles. The average molecular weight is 313 g/mol. The SMILES string of the molecule is N#CC1CCCC1Nc1c(Cl)cc(Cl)c2nsnc12. The first-order valence-electron chi connectivity index (χ1n) is 5.97. The number of nitriles is 1. The summed E-state index contributed by atoms with van der Waals surface area (Å²) in [5.74, 6) is 0.0217. The third-order valence-corrected chi connectivity index (χ3v) is 4.57. The number of anilines is 1. The Morgan fingerprint density at radius 1 is 1.26 bits per heavy atom. The summed E-state index contributed by atoms with van der Waals surface area (Å²) in [6.45, 7) is 0. The zero-order valence-electron chi connectivity index (χ0n) is 9.86. The van der Waals surface area contributed by atoms with Gasteiger partial charge in [0.25, 0.3) is 0 Å². The van der Waals surface area contributed by atoms with Crippen LogP contribution in [0.1, 0.15) is 19.3 Å². The summed E-state index contributed by atoms with van der Waals surface area (Å²) in [4.78, 5) is 0. The molecule has 1 heterocycles. The van der Waals surface area contributed by atoms with Gasteiger partial charge in [0.2, 0.25) is 0 Å². The minimum absolute atomic E-state index is 0.0217. The summed E-state index contributed by atoms with van der Waals surface area (Å²) in [7, 11) is 0. The largest absolute Gasteiger partial charge is 0.378 e. The van der Waals surface area contributed by atoms with Gasteiger partial charge in [-0.15, -0.1) is 0 Å². The van der Waals surface area contributed by atoms with E-state index in [2.05, 4.69) is 20.1 Å². The highest BCUT2D eigenvalue weighted by Crippen LogP contribution is 2.37. The van der Waals surface area contributed by atoms with Crippen molar-refractivity contribution >= 4 is 51.7 Å². The molecule has 7 heteroatoms. The van der Waals surface area contributed by atoms with E-state index in [0.717, 1.165) is 36.7 Å². The number of rotatable bonds is 2. The number of nitrogens with zero attached hydrogens (tertiary/aromatic N) is 3. The van der Waals surface area contributed by atoms with Gasteiger partial charge in [-0.1, -0.05) is 23.2 Å². The lowest BCUT2D eigenvalue weighted by Gasteiger charge is -2.18. The zero-order valence-corrected chi connectivity index (χ0v) is 12.2. The Morgan fingerprint density at radius 2 is 2.05 bits per heavy atom. The van der Waals surface area contributed by atoms with Gasteiger partial charge in [-0.25, -0.2) is 0 Å². The van der Waals surface area contributed by atoms with Crippen LogP contribution in [0.2, 0.25) is 10.0 Å². The van der Waals surface area contributed by atoms with Gasteiger partial charge in [-0.05, 0) is 25.3 Å². The minimum Gasteiger partial charge on any atom is -0.378 e. The quantitative estimate of drug-likeness (QED) is 0.906. The van der Waals surface area contributed by atoms with Crippen LogP contribution in [0, 0.1) is 17.2 Å². The van der Waals surface area contributed by atoms with Crippen molar-refractivity contribution < 1.29 is 0 Å². The Bertz CT molecular complexity index is 664. The lowest BCUT2D eigenvalue weighted by atomic mass is 10.1. The van der Waals surface area contributed by atoms with Gasteiger partial charge in [0.1, 0.15) is 11.0 Å². The smallest absolute Gasteiger partial charge is 0.130 e. The molecule has 19 heavy (non-hydrogen) atoms. The van der Waals surface area contributed by atoms with E-state index >= 15 is 0 Å². The fourth-order valence-electron chi connectivity index (χ4n) is 2.48. The molecule has 1 aromatic heterocycles. The van der Waals surface area contributed by atoms with E-state index in [0.29, 0.717) is 21.1 Å². The fourth-order valence-corrected chi connectivity index (χ4v) is 3.65. The van der Waals surface area contributed by atoms with Crippen LogP contribution in [0.3, 0.4) is 0 Å². The average Bonchev–Trinajstić information content (AvgIpc) is 3.03. The number of aromatic nitrogens is 2. The molecule has 1 aliphatic carbocycles. The number of fused-ring (bicyclic) bond motifs is 1. The van der Waals surface area contributed by atoms with Crippen molar-refractivity contribution in [1.82, 2.24) is 8.75 Å². The second-order valence-corrected chi connectivity index (χ2v) is 5.94. The topological polar surface area (TPSA) is 61.6 Å². The van der Waals surface area contributed by atoms with Crippen LogP contribution in [0.4, 0.5) is 5.69 Å². The van der Waals surface area contributed by atoms with Gasteiger partial charge >= 0.3 is 0 Å². The van der Waals surface area contributed by atoms with E-state index < -0.39 is 0 Å². The van der Waals surface area contributed by atoms with E-state index in [1.165, 1.54) is 0 Å². The highest BCUT2D eigenvalue weighted by molar-refractivity contribution is 7.00. The highest BCUT2D eigenvalue weighted by Gasteiger charge is 2.28. The van der Waals surface area contributed by atoms with Crippen LogP contribution < -0.4 is 5.32 Å². The van der Waals surface area contributed by atoms with Gasteiger partial charge in [0.05, 0.1) is 39.4 Å². The van der Waals surface area contributed by atoms with Crippen LogP contribution in [0.15, 0.2) is 6.07 Å². The molecule has 3 rings (SSSR count). The Morgan fingerprint density at radius 3 is 2.84 bits per heavy atom. The van der Waals surface area contributed by atoms with Gasteiger partial charge < -0.3 is 5.32 Å². The van der Waals surface area contributed by atoms with Gasteiger partial charge in [-0.3, -0.25) is 0 Å². The molecule has 1 N–H and O–H groups in total. The molecule has 4 nitrogen and oxygen atoms in total.